The lowest BCUT2D eigenvalue weighted by atomic mass is 10.1. The van der Waals surface area contributed by atoms with Crippen LogP contribution in [0.5, 0.6) is 11.5 Å². The molecule has 0 bridgehead atoms. The van der Waals surface area contributed by atoms with Crippen LogP contribution in [0.3, 0.4) is 0 Å². The molecule has 9 heteroatoms. The zero-order valence-corrected chi connectivity index (χ0v) is 19.4. The molecule has 0 unspecified atom stereocenters. The molecule has 1 aromatic carbocycles. The Hall–Kier alpha value is -3.62. The molecule has 0 N–H and O–H groups in total. The predicted molar refractivity (Wildman–Crippen MR) is 124 cm³/mol. The Bertz CT molecular complexity index is 1090. The van der Waals surface area contributed by atoms with Gasteiger partial charge in [0.15, 0.2) is 11.5 Å². The molecule has 4 rings (SSSR count). The summed E-state index contributed by atoms with van der Waals surface area (Å²) in [4.78, 5) is 25.9. The molecule has 0 spiro atoms. The summed E-state index contributed by atoms with van der Waals surface area (Å²) in [5, 5.41) is 4.04. The molecule has 2 aromatic heterocycles. The summed E-state index contributed by atoms with van der Waals surface area (Å²) in [6.07, 6.45) is 2.09. The van der Waals surface area contributed by atoms with Crippen molar-refractivity contribution in [3.05, 3.63) is 48.0 Å². The molecule has 1 amide bonds. The zero-order chi connectivity index (χ0) is 23.4. The van der Waals surface area contributed by atoms with Crippen LogP contribution in [0.2, 0.25) is 0 Å². The summed E-state index contributed by atoms with van der Waals surface area (Å²) in [6.45, 7) is 6.78. The van der Waals surface area contributed by atoms with Crippen LogP contribution in [0.1, 0.15) is 31.2 Å². The fraction of sp³-hybridized carbons (Fsp3) is 0.417. The topological polar surface area (TPSA) is 93.8 Å². The van der Waals surface area contributed by atoms with Crippen molar-refractivity contribution in [3.8, 4) is 22.9 Å². The molecular weight excluding hydrogens is 422 g/mol. The Labute approximate surface area is 193 Å². The van der Waals surface area contributed by atoms with Gasteiger partial charge >= 0.3 is 0 Å². The van der Waals surface area contributed by atoms with E-state index in [9.17, 15) is 4.79 Å². The first kappa shape index (κ1) is 22.6. The van der Waals surface area contributed by atoms with Crippen LogP contribution in [0.4, 0.5) is 5.82 Å². The number of amides is 1. The van der Waals surface area contributed by atoms with Gasteiger partial charge in [-0.3, -0.25) is 4.79 Å². The van der Waals surface area contributed by atoms with Crippen molar-refractivity contribution in [2.24, 2.45) is 0 Å². The van der Waals surface area contributed by atoms with E-state index >= 15 is 0 Å². The van der Waals surface area contributed by atoms with Gasteiger partial charge in [0.05, 0.1) is 20.6 Å². The Kier molecular flexibility index (Phi) is 6.76. The van der Waals surface area contributed by atoms with Crippen molar-refractivity contribution in [2.75, 3.05) is 45.3 Å². The van der Waals surface area contributed by atoms with E-state index in [-0.39, 0.29) is 11.8 Å². The quantitative estimate of drug-likeness (QED) is 0.541. The Morgan fingerprint density at radius 2 is 1.82 bits per heavy atom. The van der Waals surface area contributed by atoms with Gasteiger partial charge in [-0.15, -0.1) is 0 Å². The number of carbonyl (C=O) groups excluding carboxylic acids is 1. The molecule has 3 aromatic rings. The largest absolute Gasteiger partial charge is 0.493 e. The number of anilines is 1. The predicted octanol–water partition coefficient (Wildman–Crippen LogP) is 3.16. The number of aromatic nitrogens is 3. The van der Waals surface area contributed by atoms with Gasteiger partial charge in [0, 0.05) is 43.9 Å². The van der Waals surface area contributed by atoms with Gasteiger partial charge in [0.1, 0.15) is 5.82 Å². The van der Waals surface area contributed by atoms with Gasteiger partial charge in [-0.2, -0.15) is 4.98 Å². The first-order valence-electron chi connectivity index (χ1n) is 11.0. The van der Waals surface area contributed by atoms with Crippen LogP contribution < -0.4 is 14.4 Å². The average Bonchev–Trinajstić information content (AvgIpc) is 3.35. The number of pyridine rings is 1. The summed E-state index contributed by atoms with van der Waals surface area (Å²) in [5.41, 5.74) is 1.72. The maximum Gasteiger partial charge on any atom is 0.229 e. The third-order valence-electron chi connectivity index (χ3n) is 5.70. The van der Waals surface area contributed by atoms with Crippen molar-refractivity contribution < 1.29 is 18.8 Å². The zero-order valence-electron chi connectivity index (χ0n) is 19.4. The molecule has 3 heterocycles. The normalized spacial score (nSPS) is 14.0. The minimum Gasteiger partial charge on any atom is -0.493 e. The van der Waals surface area contributed by atoms with Crippen LogP contribution in [0.15, 0.2) is 41.1 Å². The molecule has 0 aliphatic carbocycles. The minimum atomic E-state index is 0.100. The highest BCUT2D eigenvalue weighted by Gasteiger charge is 2.22. The van der Waals surface area contributed by atoms with Crippen LogP contribution in [-0.4, -0.2) is 66.3 Å². The highest BCUT2D eigenvalue weighted by molar-refractivity contribution is 5.79. The summed E-state index contributed by atoms with van der Waals surface area (Å²) in [6, 6.07) is 9.49. The second kappa shape index (κ2) is 9.89. The van der Waals surface area contributed by atoms with Gasteiger partial charge in [0.25, 0.3) is 0 Å². The molecule has 33 heavy (non-hydrogen) atoms. The Morgan fingerprint density at radius 3 is 2.42 bits per heavy atom. The fourth-order valence-corrected chi connectivity index (χ4v) is 3.75. The maximum absolute atomic E-state index is 12.8. The third-order valence-corrected chi connectivity index (χ3v) is 5.70. The van der Waals surface area contributed by atoms with Gasteiger partial charge in [-0.25, -0.2) is 4.98 Å². The lowest BCUT2D eigenvalue weighted by Gasteiger charge is -2.35. The van der Waals surface area contributed by atoms with E-state index in [1.54, 1.807) is 20.4 Å². The molecule has 174 valence electrons. The van der Waals surface area contributed by atoms with E-state index in [2.05, 4.69) is 20.0 Å². The van der Waals surface area contributed by atoms with Crippen LogP contribution in [0.25, 0.3) is 11.4 Å². The molecule has 1 fully saturated rings. The number of hydrogen-bond acceptors (Lipinski definition) is 8. The van der Waals surface area contributed by atoms with Gasteiger partial charge in [-0.1, -0.05) is 25.1 Å². The van der Waals surface area contributed by atoms with Gasteiger partial charge in [0.2, 0.25) is 17.6 Å². The molecule has 0 saturated carbocycles. The number of ether oxygens (including phenoxy) is 2. The van der Waals surface area contributed by atoms with E-state index in [1.807, 2.05) is 49.1 Å². The number of nitrogens with zero attached hydrogens (tertiary/aromatic N) is 5. The van der Waals surface area contributed by atoms with E-state index in [0.717, 1.165) is 30.0 Å². The number of benzene rings is 1. The molecular formula is C24H29N5O4. The van der Waals surface area contributed by atoms with Crippen molar-refractivity contribution in [2.45, 2.75) is 26.2 Å². The first-order chi connectivity index (χ1) is 16.0. The van der Waals surface area contributed by atoms with Crippen LogP contribution in [0, 0.1) is 0 Å². The highest BCUT2D eigenvalue weighted by Crippen LogP contribution is 2.28. The number of methoxy groups -OCH3 is 2. The summed E-state index contributed by atoms with van der Waals surface area (Å²) >= 11 is 0. The number of piperazine rings is 1. The Balaban J connectivity index is 1.33. The number of rotatable bonds is 7. The third kappa shape index (κ3) is 5.08. The SMILES string of the molecule is COc1ccc(CC(=O)N2CCN(c3ccc(-c4noc(C(C)C)n4)cn3)CC2)cc1OC. The highest BCUT2D eigenvalue weighted by atomic mass is 16.5. The van der Waals surface area contributed by atoms with Crippen molar-refractivity contribution in [1.82, 2.24) is 20.0 Å². The molecule has 1 saturated heterocycles. The van der Waals surface area contributed by atoms with Crippen LogP contribution in [-0.2, 0) is 11.2 Å². The molecule has 1 aliphatic heterocycles. The average molecular weight is 452 g/mol. The molecule has 0 atom stereocenters. The number of carbonyl (C=O) groups is 1. The first-order valence-corrected chi connectivity index (χ1v) is 11.0. The van der Waals surface area contributed by atoms with Crippen molar-refractivity contribution >= 4 is 11.7 Å². The smallest absolute Gasteiger partial charge is 0.229 e. The standard InChI is InChI=1S/C24H29N5O4/c1-16(2)24-26-23(27-33-24)18-6-8-21(25-15-18)28-9-11-29(12-10-28)22(30)14-17-5-7-19(31-3)20(13-17)32-4/h5-8,13,15-16H,9-12,14H2,1-4H3. The van der Waals surface area contributed by atoms with E-state index in [1.165, 1.54) is 0 Å². The van der Waals surface area contributed by atoms with Gasteiger partial charge < -0.3 is 23.8 Å². The lowest BCUT2D eigenvalue weighted by Crippen LogP contribution is -2.49. The van der Waals surface area contributed by atoms with E-state index in [0.29, 0.717) is 42.7 Å². The van der Waals surface area contributed by atoms with E-state index < -0.39 is 0 Å². The second-order valence-corrected chi connectivity index (χ2v) is 8.25. The maximum atomic E-state index is 12.8. The monoisotopic (exact) mass is 451 g/mol. The fourth-order valence-electron chi connectivity index (χ4n) is 3.75. The van der Waals surface area contributed by atoms with E-state index in [4.69, 9.17) is 14.0 Å². The van der Waals surface area contributed by atoms with Crippen molar-refractivity contribution in [1.29, 1.82) is 0 Å². The summed E-state index contributed by atoms with van der Waals surface area (Å²) in [5.74, 6) is 3.60. The lowest BCUT2D eigenvalue weighted by molar-refractivity contribution is -0.130. The molecule has 1 aliphatic rings. The number of hydrogen-bond donors (Lipinski definition) is 0. The Morgan fingerprint density at radius 1 is 1.06 bits per heavy atom. The second-order valence-electron chi connectivity index (χ2n) is 8.25. The minimum absolute atomic E-state index is 0.100. The van der Waals surface area contributed by atoms with Gasteiger partial charge in [-0.05, 0) is 29.8 Å². The van der Waals surface area contributed by atoms with Crippen molar-refractivity contribution in [3.63, 3.8) is 0 Å². The summed E-state index contributed by atoms with van der Waals surface area (Å²) < 4.78 is 15.9. The van der Waals surface area contributed by atoms with Crippen LogP contribution >= 0.6 is 0 Å². The molecule has 9 nitrogen and oxygen atoms in total. The molecule has 0 radical (unpaired) electrons. The summed E-state index contributed by atoms with van der Waals surface area (Å²) in [7, 11) is 3.19.